The van der Waals surface area contributed by atoms with Crippen LogP contribution in [0.2, 0.25) is 0 Å². The Labute approximate surface area is 133 Å². The van der Waals surface area contributed by atoms with Crippen LogP contribution in [0.5, 0.6) is 0 Å². The average Bonchev–Trinajstić information content (AvgIpc) is 2.53. The van der Waals surface area contributed by atoms with Gasteiger partial charge in [0.1, 0.15) is 5.56 Å². The molecule has 2 aromatic carbocycles. The largest absolute Gasteiger partial charge is 0.391 e. The number of hydrogen-bond donors (Lipinski definition) is 2. The van der Waals surface area contributed by atoms with Gasteiger partial charge in [0.15, 0.2) is 0 Å². The maximum Gasteiger partial charge on any atom is 0.282 e. The molecule has 6 nitrogen and oxygen atoms in total. The topological polar surface area (TPSA) is 92.5 Å². The lowest BCUT2D eigenvalue weighted by Gasteiger charge is -2.12. The van der Waals surface area contributed by atoms with Gasteiger partial charge >= 0.3 is 0 Å². The Kier molecular flexibility index (Phi) is 5.43. The molecule has 2 N–H and O–H groups in total. The molecule has 0 spiro atoms. The first kappa shape index (κ1) is 16.6. The first-order valence-corrected chi connectivity index (χ1v) is 7.22. The number of aryl methyl sites for hydroxylation is 1. The highest BCUT2D eigenvalue weighted by Gasteiger charge is 2.20. The molecular weight excluding hydrogens is 296 g/mol. The van der Waals surface area contributed by atoms with Crippen LogP contribution in [0.1, 0.15) is 21.5 Å². The van der Waals surface area contributed by atoms with Crippen LogP contribution in [0.25, 0.3) is 0 Å². The van der Waals surface area contributed by atoms with Gasteiger partial charge in [-0.3, -0.25) is 14.9 Å². The van der Waals surface area contributed by atoms with Crippen LogP contribution in [0.3, 0.4) is 0 Å². The maximum absolute atomic E-state index is 12.2. The van der Waals surface area contributed by atoms with E-state index in [4.69, 9.17) is 0 Å². The summed E-state index contributed by atoms with van der Waals surface area (Å²) in [5.41, 5.74) is 1.47. The number of amides is 1. The van der Waals surface area contributed by atoms with Gasteiger partial charge < -0.3 is 10.4 Å². The van der Waals surface area contributed by atoms with Gasteiger partial charge in [0.05, 0.1) is 11.0 Å². The Hall–Kier alpha value is -2.73. The van der Waals surface area contributed by atoms with Crippen molar-refractivity contribution in [2.75, 3.05) is 6.54 Å². The monoisotopic (exact) mass is 314 g/mol. The molecule has 1 atom stereocenters. The smallest absolute Gasteiger partial charge is 0.282 e. The van der Waals surface area contributed by atoms with Gasteiger partial charge in [-0.25, -0.2) is 0 Å². The third-order valence-corrected chi connectivity index (χ3v) is 3.41. The van der Waals surface area contributed by atoms with E-state index in [1.807, 2.05) is 30.3 Å². The number of nitrogens with zero attached hydrogens (tertiary/aromatic N) is 1. The molecular formula is C17H18N2O4. The number of benzene rings is 2. The van der Waals surface area contributed by atoms with Crippen LogP contribution in [0.4, 0.5) is 5.69 Å². The third kappa shape index (κ3) is 4.62. The van der Waals surface area contributed by atoms with Crippen molar-refractivity contribution < 1.29 is 14.8 Å². The van der Waals surface area contributed by atoms with Crippen molar-refractivity contribution in [1.82, 2.24) is 5.32 Å². The zero-order valence-electron chi connectivity index (χ0n) is 12.7. The molecule has 1 amide bonds. The fraction of sp³-hybridized carbons (Fsp3) is 0.235. The lowest BCUT2D eigenvalue weighted by molar-refractivity contribution is -0.385. The summed E-state index contributed by atoms with van der Waals surface area (Å²) in [6.45, 7) is 1.78. The van der Waals surface area contributed by atoms with Crippen molar-refractivity contribution in [3.05, 3.63) is 75.3 Å². The lowest BCUT2D eigenvalue weighted by atomic mass is 10.1. The first-order valence-electron chi connectivity index (χ1n) is 7.22. The number of aliphatic hydroxyl groups is 1. The van der Waals surface area contributed by atoms with Crippen molar-refractivity contribution in [2.24, 2.45) is 0 Å². The SMILES string of the molecule is Cc1ccc([N+](=O)[O-])c(C(=O)NC[C@H](O)Cc2ccccc2)c1. The van der Waals surface area contributed by atoms with Gasteiger partial charge in [-0.1, -0.05) is 36.4 Å². The van der Waals surface area contributed by atoms with E-state index in [9.17, 15) is 20.0 Å². The molecule has 0 saturated carbocycles. The number of hydrogen-bond acceptors (Lipinski definition) is 4. The summed E-state index contributed by atoms with van der Waals surface area (Å²) < 4.78 is 0. The molecule has 0 radical (unpaired) electrons. The van der Waals surface area contributed by atoms with E-state index in [0.29, 0.717) is 6.42 Å². The van der Waals surface area contributed by atoms with Gasteiger partial charge in [0.2, 0.25) is 0 Å². The molecule has 0 heterocycles. The number of nitro groups is 1. The maximum atomic E-state index is 12.2. The molecule has 2 aromatic rings. The second kappa shape index (κ2) is 7.51. The van der Waals surface area contributed by atoms with E-state index in [1.165, 1.54) is 12.1 Å². The molecule has 6 heteroatoms. The standard InChI is InChI=1S/C17H18N2O4/c1-12-7-8-16(19(22)23)15(9-12)17(21)18-11-14(20)10-13-5-3-2-4-6-13/h2-9,14,20H,10-11H2,1H3,(H,18,21)/t14-/m1/s1. The predicted molar refractivity (Wildman–Crippen MR) is 86.3 cm³/mol. The molecule has 0 aliphatic carbocycles. The third-order valence-electron chi connectivity index (χ3n) is 3.41. The second-order valence-corrected chi connectivity index (χ2v) is 5.33. The van der Waals surface area contributed by atoms with Crippen molar-refractivity contribution in [3.8, 4) is 0 Å². The first-order chi connectivity index (χ1) is 11.0. The number of aliphatic hydroxyl groups excluding tert-OH is 1. The van der Waals surface area contributed by atoms with E-state index in [-0.39, 0.29) is 17.8 Å². The number of nitrogens with one attached hydrogen (secondary N) is 1. The zero-order chi connectivity index (χ0) is 16.8. The normalized spacial score (nSPS) is 11.7. The second-order valence-electron chi connectivity index (χ2n) is 5.33. The molecule has 0 saturated heterocycles. The molecule has 23 heavy (non-hydrogen) atoms. The summed E-state index contributed by atoms with van der Waals surface area (Å²) in [5.74, 6) is -0.562. The van der Waals surface area contributed by atoms with E-state index in [0.717, 1.165) is 11.1 Å². The van der Waals surface area contributed by atoms with E-state index < -0.39 is 16.9 Å². The Morgan fingerprint density at radius 1 is 1.26 bits per heavy atom. The predicted octanol–water partition coefficient (Wildman–Crippen LogP) is 2.24. The van der Waals surface area contributed by atoms with E-state index in [2.05, 4.69) is 5.32 Å². The van der Waals surface area contributed by atoms with Crippen molar-refractivity contribution in [2.45, 2.75) is 19.4 Å². The molecule has 0 aliphatic rings. The fourth-order valence-corrected chi connectivity index (χ4v) is 2.26. The summed E-state index contributed by atoms with van der Waals surface area (Å²) in [4.78, 5) is 22.6. The Morgan fingerprint density at radius 2 is 1.96 bits per heavy atom. The van der Waals surface area contributed by atoms with Gasteiger partial charge in [-0.15, -0.1) is 0 Å². The van der Waals surface area contributed by atoms with Crippen LogP contribution >= 0.6 is 0 Å². The number of rotatable bonds is 6. The molecule has 0 unspecified atom stereocenters. The Balaban J connectivity index is 1.99. The zero-order valence-corrected chi connectivity index (χ0v) is 12.7. The summed E-state index contributed by atoms with van der Waals surface area (Å²) in [6, 6.07) is 13.8. The minimum absolute atomic E-state index is 0.00177. The molecule has 0 fully saturated rings. The highest BCUT2D eigenvalue weighted by atomic mass is 16.6. The van der Waals surface area contributed by atoms with Crippen LogP contribution in [-0.2, 0) is 6.42 Å². The fourth-order valence-electron chi connectivity index (χ4n) is 2.26. The Morgan fingerprint density at radius 3 is 2.61 bits per heavy atom. The number of carbonyl (C=O) groups is 1. The van der Waals surface area contributed by atoms with Crippen LogP contribution in [0, 0.1) is 17.0 Å². The summed E-state index contributed by atoms with van der Waals surface area (Å²) in [6.07, 6.45) is -0.359. The molecule has 0 aromatic heterocycles. The van der Waals surface area contributed by atoms with Crippen LogP contribution in [0.15, 0.2) is 48.5 Å². The highest BCUT2D eigenvalue weighted by Crippen LogP contribution is 2.19. The summed E-state index contributed by atoms with van der Waals surface area (Å²) in [7, 11) is 0. The number of carbonyl (C=O) groups excluding carboxylic acids is 1. The van der Waals surface area contributed by atoms with Crippen molar-refractivity contribution in [3.63, 3.8) is 0 Å². The van der Waals surface area contributed by atoms with Crippen molar-refractivity contribution in [1.29, 1.82) is 0 Å². The van der Waals surface area contributed by atoms with Gasteiger partial charge in [-0.2, -0.15) is 0 Å². The van der Waals surface area contributed by atoms with Gasteiger partial charge in [-0.05, 0) is 24.1 Å². The van der Waals surface area contributed by atoms with Crippen LogP contribution in [-0.4, -0.2) is 28.6 Å². The van der Waals surface area contributed by atoms with Gasteiger partial charge in [0.25, 0.3) is 11.6 Å². The minimum Gasteiger partial charge on any atom is -0.391 e. The molecule has 0 aliphatic heterocycles. The van der Waals surface area contributed by atoms with Crippen LogP contribution < -0.4 is 5.32 Å². The Bertz CT molecular complexity index is 701. The van der Waals surface area contributed by atoms with Crippen molar-refractivity contribution >= 4 is 11.6 Å². The quantitative estimate of drug-likeness (QED) is 0.631. The highest BCUT2D eigenvalue weighted by molar-refractivity contribution is 5.98. The van der Waals surface area contributed by atoms with E-state index in [1.54, 1.807) is 13.0 Å². The minimum atomic E-state index is -0.759. The number of nitro benzene ring substituents is 1. The lowest BCUT2D eigenvalue weighted by Crippen LogP contribution is -2.33. The molecule has 0 bridgehead atoms. The average molecular weight is 314 g/mol. The summed E-state index contributed by atoms with van der Waals surface area (Å²) >= 11 is 0. The summed E-state index contributed by atoms with van der Waals surface area (Å²) in [5, 5.41) is 23.5. The molecule has 120 valence electrons. The van der Waals surface area contributed by atoms with Gasteiger partial charge in [0, 0.05) is 19.0 Å². The van der Waals surface area contributed by atoms with E-state index >= 15 is 0 Å². The molecule has 2 rings (SSSR count).